The lowest BCUT2D eigenvalue weighted by Crippen LogP contribution is -2.34. The Morgan fingerprint density at radius 2 is 1.94 bits per heavy atom. The van der Waals surface area contributed by atoms with Gasteiger partial charge in [0.15, 0.2) is 0 Å². The van der Waals surface area contributed by atoms with Gasteiger partial charge in [0.1, 0.15) is 6.29 Å². The molecule has 0 radical (unpaired) electrons. The van der Waals surface area contributed by atoms with Crippen LogP contribution in [-0.4, -0.2) is 41.6 Å². The summed E-state index contributed by atoms with van der Waals surface area (Å²) in [7, 11) is 1.55. The van der Waals surface area contributed by atoms with Crippen molar-refractivity contribution in [3.8, 4) is 5.69 Å². The number of carbonyl (C=O) groups excluding carboxylic acids is 3. The summed E-state index contributed by atoms with van der Waals surface area (Å²) < 4.78 is 7.42. The van der Waals surface area contributed by atoms with Crippen LogP contribution in [0.1, 0.15) is 17.3 Å². The molecule has 0 saturated heterocycles. The molecule has 1 aromatic heterocycles. The van der Waals surface area contributed by atoms with Crippen LogP contribution in [0, 0.1) is 5.92 Å². The van der Waals surface area contributed by atoms with E-state index < -0.39 is 5.25 Å². The molecule has 0 aliphatic carbocycles. The fraction of sp³-hybridized carbons (Fsp3) is 0.208. The summed E-state index contributed by atoms with van der Waals surface area (Å²) >= 11 is 1.21. The monoisotopic (exact) mass is 449 g/mol. The summed E-state index contributed by atoms with van der Waals surface area (Å²) in [6.07, 6.45) is 3.01. The number of hydrogen-bond donors (Lipinski definition) is 2. The number of benzene rings is 2. The van der Waals surface area contributed by atoms with Crippen molar-refractivity contribution >= 4 is 41.3 Å². The fourth-order valence-electron chi connectivity index (χ4n) is 3.93. The maximum absolute atomic E-state index is 13.1. The Labute approximate surface area is 189 Å². The van der Waals surface area contributed by atoms with Crippen LogP contribution in [0.25, 0.3) is 16.6 Å². The highest BCUT2D eigenvalue weighted by Gasteiger charge is 2.40. The normalized spacial score (nSPS) is 19.1. The lowest BCUT2D eigenvalue weighted by Gasteiger charge is -2.23. The number of nitrogens with zero attached hydrogens (tertiary/aromatic N) is 1. The fourth-order valence-corrected chi connectivity index (χ4v) is 5.24. The highest BCUT2D eigenvalue weighted by molar-refractivity contribution is 8.04. The molecule has 2 heterocycles. The van der Waals surface area contributed by atoms with Gasteiger partial charge in [0.2, 0.25) is 6.41 Å². The number of thioether (sulfide) groups is 1. The van der Waals surface area contributed by atoms with Gasteiger partial charge in [-0.15, -0.1) is 0 Å². The molecule has 3 aromatic rings. The molecule has 0 fully saturated rings. The Kier molecular flexibility index (Phi) is 6.43. The number of fused-ring (bicyclic) bond motifs is 1. The number of methoxy groups -OCH3 is 1. The maximum Gasteiger partial charge on any atom is 0.256 e. The average molecular weight is 450 g/mol. The Balaban J connectivity index is 1.66. The number of ether oxygens (including phenoxy) is 1. The van der Waals surface area contributed by atoms with Gasteiger partial charge in [0, 0.05) is 30.5 Å². The second-order valence-electron chi connectivity index (χ2n) is 7.44. The first-order valence-electron chi connectivity index (χ1n) is 10.1. The molecule has 3 unspecified atom stereocenters. The van der Waals surface area contributed by atoms with Crippen molar-refractivity contribution in [3.63, 3.8) is 0 Å². The van der Waals surface area contributed by atoms with Crippen molar-refractivity contribution in [2.24, 2.45) is 5.92 Å². The van der Waals surface area contributed by atoms with E-state index in [0.29, 0.717) is 22.7 Å². The van der Waals surface area contributed by atoms with Crippen LogP contribution in [0.5, 0.6) is 0 Å². The smallest absolute Gasteiger partial charge is 0.256 e. The minimum Gasteiger partial charge on any atom is -0.381 e. The van der Waals surface area contributed by atoms with Crippen molar-refractivity contribution in [1.82, 2.24) is 15.2 Å². The van der Waals surface area contributed by atoms with E-state index in [2.05, 4.69) is 10.6 Å². The number of aromatic nitrogens is 1. The van der Waals surface area contributed by atoms with Crippen molar-refractivity contribution < 1.29 is 19.1 Å². The van der Waals surface area contributed by atoms with Crippen molar-refractivity contribution in [2.75, 3.05) is 7.11 Å². The van der Waals surface area contributed by atoms with E-state index in [1.165, 1.54) is 11.8 Å². The molecule has 164 valence electrons. The van der Waals surface area contributed by atoms with Crippen LogP contribution in [-0.2, 0) is 14.3 Å². The molecule has 0 saturated carbocycles. The van der Waals surface area contributed by atoms with Gasteiger partial charge < -0.3 is 24.7 Å². The van der Waals surface area contributed by atoms with Crippen molar-refractivity contribution in [3.05, 3.63) is 77.1 Å². The molecule has 0 spiro atoms. The molecule has 4 rings (SSSR count). The number of carbonyl (C=O) groups is 3. The maximum atomic E-state index is 13.1. The van der Waals surface area contributed by atoms with Gasteiger partial charge in [-0.25, -0.2) is 0 Å². The summed E-state index contributed by atoms with van der Waals surface area (Å²) in [5.74, 6) is -0.698. The molecule has 2 aromatic carbocycles. The van der Waals surface area contributed by atoms with Crippen molar-refractivity contribution in [2.45, 2.75) is 18.3 Å². The second-order valence-corrected chi connectivity index (χ2v) is 8.63. The molecule has 7 nitrogen and oxygen atoms in total. The van der Waals surface area contributed by atoms with Gasteiger partial charge in [-0.2, -0.15) is 0 Å². The lowest BCUT2D eigenvalue weighted by atomic mass is 9.96. The quantitative estimate of drug-likeness (QED) is 0.516. The number of aldehydes is 1. The van der Waals surface area contributed by atoms with E-state index in [4.69, 9.17) is 4.74 Å². The Morgan fingerprint density at radius 3 is 2.62 bits per heavy atom. The zero-order valence-corrected chi connectivity index (χ0v) is 18.5. The van der Waals surface area contributed by atoms with Crippen LogP contribution in [0.4, 0.5) is 0 Å². The first-order chi connectivity index (χ1) is 15.6. The van der Waals surface area contributed by atoms with Gasteiger partial charge in [-0.3, -0.25) is 9.59 Å². The molecule has 8 heteroatoms. The van der Waals surface area contributed by atoms with Crippen LogP contribution in [0.3, 0.4) is 0 Å². The predicted molar refractivity (Wildman–Crippen MR) is 124 cm³/mol. The number of nitrogens with one attached hydrogen (secondary N) is 2. The van der Waals surface area contributed by atoms with E-state index in [9.17, 15) is 14.4 Å². The van der Waals surface area contributed by atoms with Crippen LogP contribution in [0.2, 0.25) is 0 Å². The average Bonchev–Trinajstić information content (AvgIpc) is 3.40. The molecule has 2 amide bonds. The Bertz CT molecular complexity index is 1190. The molecular weight excluding hydrogens is 426 g/mol. The molecule has 3 atom stereocenters. The molecule has 0 bridgehead atoms. The van der Waals surface area contributed by atoms with Gasteiger partial charge in [0.05, 0.1) is 27.6 Å². The molecule has 1 aliphatic rings. The summed E-state index contributed by atoms with van der Waals surface area (Å²) in [5, 5.41) is 6.53. The standard InChI is InChI=1S/C24H23N3O4S/c1-15(31-2)21-20(13-28)32-24(22(21)25-14-29)26-23(30)17-9-8-16-10-11-27(19(16)12-17)18-6-4-3-5-7-18/h3-15,20-21H,1-2H3,(H,25,29)(H,26,30). The second kappa shape index (κ2) is 9.42. The van der Waals surface area contributed by atoms with Crippen LogP contribution in [0.15, 0.2) is 71.5 Å². The van der Waals surface area contributed by atoms with E-state index in [1.54, 1.807) is 13.2 Å². The third-order valence-corrected chi connectivity index (χ3v) is 6.86. The largest absolute Gasteiger partial charge is 0.381 e. The molecule has 2 N–H and O–H groups in total. The Hall–Kier alpha value is -3.36. The van der Waals surface area contributed by atoms with E-state index in [1.807, 2.05) is 66.2 Å². The lowest BCUT2D eigenvalue weighted by molar-refractivity contribution is -0.110. The topological polar surface area (TPSA) is 89.4 Å². The third kappa shape index (κ3) is 4.06. The summed E-state index contributed by atoms with van der Waals surface area (Å²) in [6.45, 7) is 1.82. The number of rotatable bonds is 8. The number of para-hydroxylation sites is 1. The van der Waals surface area contributed by atoms with E-state index >= 15 is 0 Å². The van der Waals surface area contributed by atoms with Gasteiger partial charge in [0.25, 0.3) is 5.91 Å². The molecule has 32 heavy (non-hydrogen) atoms. The van der Waals surface area contributed by atoms with Crippen LogP contribution >= 0.6 is 11.8 Å². The van der Waals surface area contributed by atoms with Gasteiger partial charge >= 0.3 is 0 Å². The van der Waals surface area contributed by atoms with E-state index in [-0.39, 0.29) is 17.9 Å². The molecule has 1 aliphatic heterocycles. The number of hydrogen-bond acceptors (Lipinski definition) is 5. The summed E-state index contributed by atoms with van der Waals surface area (Å²) in [6, 6.07) is 17.4. The Morgan fingerprint density at radius 1 is 1.16 bits per heavy atom. The predicted octanol–water partition coefficient (Wildman–Crippen LogP) is 3.24. The van der Waals surface area contributed by atoms with Gasteiger partial charge in [-0.05, 0) is 42.6 Å². The zero-order chi connectivity index (χ0) is 22.7. The highest BCUT2D eigenvalue weighted by atomic mass is 32.2. The highest BCUT2D eigenvalue weighted by Crippen LogP contribution is 2.41. The summed E-state index contributed by atoms with van der Waals surface area (Å²) in [5.41, 5.74) is 2.85. The number of amides is 2. The molecular formula is C24H23N3O4S. The van der Waals surface area contributed by atoms with Crippen LogP contribution < -0.4 is 10.6 Å². The van der Waals surface area contributed by atoms with Crippen molar-refractivity contribution in [1.29, 1.82) is 0 Å². The first-order valence-corrected chi connectivity index (χ1v) is 11.0. The third-order valence-electron chi connectivity index (χ3n) is 5.63. The summed E-state index contributed by atoms with van der Waals surface area (Å²) in [4.78, 5) is 35.9. The zero-order valence-electron chi connectivity index (χ0n) is 17.6. The van der Waals surface area contributed by atoms with Gasteiger partial charge in [-0.1, -0.05) is 36.0 Å². The minimum atomic E-state index is -0.472. The first kappa shape index (κ1) is 21.9. The SMILES string of the molecule is COC(C)C1C(NC=O)=C(NC(=O)c2ccc3ccn(-c4ccccc4)c3c2)SC1C=O. The van der Waals surface area contributed by atoms with E-state index in [0.717, 1.165) is 22.9 Å². The minimum absolute atomic E-state index is 0.319.